The number of nitrogens with one attached hydrogen (secondary N) is 1. The monoisotopic (exact) mass is 327 g/mol. The normalized spacial score (nSPS) is 13.2. The van der Waals surface area contributed by atoms with Crippen molar-refractivity contribution in [3.8, 4) is 5.69 Å². The first-order valence-electron chi connectivity index (χ1n) is 8.07. The molecule has 1 heterocycles. The maximum absolute atomic E-state index is 12.0. The molecule has 0 saturated heterocycles. The Hall–Kier alpha value is -2.40. The number of aliphatic hydroxyl groups excluding tert-OH is 1. The number of carbonyl (C=O) groups is 1. The predicted octanol–water partition coefficient (Wildman–Crippen LogP) is 2.80. The Balaban J connectivity index is 1.95. The molecule has 0 bridgehead atoms. The van der Waals surface area contributed by atoms with Gasteiger partial charge in [0.15, 0.2) is 0 Å². The average Bonchev–Trinajstić information content (AvgIpc) is 3.01. The molecular weight excluding hydrogens is 302 g/mol. The van der Waals surface area contributed by atoms with Gasteiger partial charge in [-0.15, -0.1) is 0 Å². The first-order valence-corrected chi connectivity index (χ1v) is 8.07. The van der Waals surface area contributed by atoms with E-state index in [4.69, 9.17) is 0 Å². The number of amides is 1. The first kappa shape index (κ1) is 17.9. The van der Waals surface area contributed by atoms with Crippen molar-refractivity contribution in [3.05, 3.63) is 54.4 Å². The van der Waals surface area contributed by atoms with Gasteiger partial charge in [-0.1, -0.05) is 39.0 Å². The maximum atomic E-state index is 12.0. The summed E-state index contributed by atoms with van der Waals surface area (Å²) in [6.07, 6.45) is 7.47. The van der Waals surface area contributed by atoms with E-state index >= 15 is 0 Å². The molecule has 1 aromatic carbocycles. The number of hydrogen-bond acceptors (Lipinski definition) is 3. The van der Waals surface area contributed by atoms with E-state index in [1.807, 2.05) is 36.5 Å². The van der Waals surface area contributed by atoms with Gasteiger partial charge in [0.1, 0.15) is 0 Å². The van der Waals surface area contributed by atoms with E-state index in [0.29, 0.717) is 0 Å². The molecule has 5 nitrogen and oxygen atoms in total. The highest BCUT2D eigenvalue weighted by Crippen LogP contribution is 2.20. The van der Waals surface area contributed by atoms with Crippen molar-refractivity contribution in [1.82, 2.24) is 15.1 Å². The predicted molar refractivity (Wildman–Crippen MR) is 95.7 cm³/mol. The van der Waals surface area contributed by atoms with E-state index < -0.39 is 0 Å². The molecule has 1 unspecified atom stereocenters. The quantitative estimate of drug-likeness (QED) is 0.802. The van der Waals surface area contributed by atoms with Crippen molar-refractivity contribution in [2.24, 2.45) is 5.41 Å². The highest BCUT2D eigenvalue weighted by Gasteiger charge is 2.18. The number of carbonyl (C=O) groups excluding carboxylic acids is 1. The zero-order valence-corrected chi connectivity index (χ0v) is 14.4. The third-order valence-corrected chi connectivity index (χ3v) is 3.48. The fourth-order valence-electron chi connectivity index (χ4n) is 2.47. The largest absolute Gasteiger partial charge is 0.394 e. The molecule has 0 aliphatic carbocycles. The lowest BCUT2D eigenvalue weighted by atomic mass is 9.88. The maximum Gasteiger partial charge on any atom is 0.244 e. The van der Waals surface area contributed by atoms with Gasteiger partial charge in [-0.2, -0.15) is 5.10 Å². The molecule has 24 heavy (non-hydrogen) atoms. The third-order valence-electron chi connectivity index (χ3n) is 3.48. The summed E-state index contributed by atoms with van der Waals surface area (Å²) in [6.45, 7) is 6.17. The Morgan fingerprint density at radius 3 is 2.67 bits per heavy atom. The molecule has 2 rings (SSSR count). The molecule has 2 N–H and O–H groups in total. The van der Waals surface area contributed by atoms with Gasteiger partial charge in [-0.05, 0) is 30.0 Å². The molecule has 1 atom stereocenters. The Bertz CT molecular complexity index is 684. The van der Waals surface area contributed by atoms with Crippen molar-refractivity contribution in [3.63, 3.8) is 0 Å². The van der Waals surface area contributed by atoms with Crippen molar-refractivity contribution in [1.29, 1.82) is 0 Å². The van der Waals surface area contributed by atoms with Crippen LogP contribution in [0.3, 0.4) is 0 Å². The minimum absolute atomic E-state index is 0.0429. The number of aromatic nitrogens is 2. The molecule has 0 aliphatic rings. The minimum Gasteiger partial charge on any atom is -0.394 e. The van der Waals surface area contributed by atoms with Crippen LogP contribution in [-0.2, 0) is 4.79 Å². The molecule has 1 aromatic heterocycles. The molecule has 0 saturated carbocycles. The molecule has 0 spiro atoms. The van der Waals surface area contributed by atoms with Gasteiger partial charge in [0.2, 0.25) is 5.91 Å². The van der Waals surface area contributed by atoms with Gasteiger partial charge >= 0.3 is 0 Å². The van der Waals surface area contributed by atoms with Crippen LogP contribution in [0.2, 0.25) is 0 Å². The van der Waals surface area contributed by atoms with E-state index in [-0.39, 0.29) is 24.0 Å². The van der Waals surface area contributed by atoms with Gasteiger partial charge in [0.25, 0.3) is 0 Å². The van der Waals surface area contributed by atoms with E-state index in [2.05, 4.69) is 31.2 Å². The Labute approximate surface area is 143 Å². The summed E-state index contributed by atoms with van der Waals surface area (Å²) in [5, 5.41) is 16.5. The topological polar surface area (TPSA) is 67.2 Å². The smallest absolute Gasteiger partial charge is 0.244 e. The third kappa shape index (κ3) is 5.66. The molecule has 0 fully saturated rings. The number of para-hydroxylation sites is 1. The van der Waals surface area contributed by atoms with Crippen LogP contribution < -0.4 is 5.32 Å². The van der Waals surface area contributed by atoms with Gasteiger partial charge in [-0.3, -0.25) is 4.79 Å². The summed E-state index contributed by atoms with van der Waals surface area (Å²) in [5.41, 5.74) is 1.85. The van der Waals surface area contributed by atoms with Gasteiger partial charge < -0.3 is 10.4 Å². The van der Waals surface area contributed by atoms with Gasteiger partial charge in [0, 0.05) is 17.8 Å². The molecule has 2 aromatic rings. The lowest BCUT2D eigenvalue weighted by Gasteiger charge is -2.24. The zero-order chi connectivity index (χ0) is 17.6. The van der Waals surface area contributed by atoms with Crippen LogP contribution in [0, 0.1) is 5.41 Å². The average molecular weight is 327 g/mol. The van der Waals surface area contributed by atoms with Crippen molar-refractivity contribution < 1.29 is 9.90 Å². The number of rotatable bonds is 6. The number of hydrogen-bond donors (Lipinski definition) is 2. The second-order valence-corrected chi connectivity index (χ2v) is 7.04. The van der Waals surface area contributed by atoms with Crippen LogP contribution >= 0.6 is 0 Å². The Kier molecular flexibility index (Phi) is 5.93. The van der Waals surface area contributed by atoms with Crippen molar-refractivity contribution >= 4 is 12.0 Å². The van der Waals surface area contributed by atoms with Crippen LogP contribution in [0.1, 0.15) is 32.8 Å². The summed E-state index contributed by atoms with van der Waals surface area (Å²) >= 11 is 0. The Morgan fingerprint density at radius 2 is 2.04 bits per heavy atom. The van der Waals surface area contributed by atoms with Crippen LogP contribution in [0.5, 0.6) is 0 Å². The van der Waals surface area contributed by atoms with Gasteiger partial charge in [0.05, 0.1) is 24.5 Å². The van der Waals surface area contributed by atoms with Crippen LogP contribution in [0.15, 0.2) is 48.8 Å². The van der Waals surface area contributed by atoms with Crippen LogP contribution in [0.25, 0.3) is 11.8 Å². The Morgan fingerprint density at radius 1 is 1.33 bits per heavy atom. The molecule has 0 radical (unpaired) electrons. The highest BCUT2D eigenvalue weighted by atomic mass is 16.3. The van der Waals surface area contributed by atoms with Crippen LogP contribution in [0.4, 0.5) is 0 Å². The fourth-order valence-corrected chi connectivity index (χ4v) is 2.47. The summed E-state index contributed by atoms with van der Waals surface area (Å²) < 4.78 is 1.76. The molecular formula is C19H25N3O2. The second-order valence-electron chi connectivity index (χ2n) is 7.04. The summed E-state index contributed by atoms with van der Waals surface area (Å²) in [4.78, 5) is 12.0. The number of aliphatic hydroxyl groups is 1. The number of benzene rings is 1. The number of nitrogens with zero attached hydrogens (tertiary/aromatic N) is 2. The molecule has 0 aliphatic heterocycles. The zero-order valence-electron chi connectivity index (χ0n) is 14.4. The summed E-state index contributed by atoms with van der Waals surface area (Å²) in [5.74, 6) is -0.217. The van der Waals surface area contributed by atoms with Crippen molar-refractivity contribution in [2.45, 2.75) is 33.2 Å². The summed E-state index contributed by atoms with van der Waals surface area (Å²) in [6, 6.07) is 9.54. The summed E-state index contributed by atoms with van der Waals surface area (Å²) in [7, 11) is 0. The SMILES string of the molecule is CC(C)(C)CC(CO)NC(=O)/C=C/c1cnn(-c2ccccc2)c1. The minimum atomic E-state index is -0.241. The van der Waals surface area contributed by atoms with E-state index in [0.717, 1.165) is 17.7 Å². The van der Waals surface area contributed by atoms with Crippen LogP contribution in [-0.4, -0.2) is 33.4 Å². The molecule has 128 valence electrons. The first-order chi connectivity index (χ1) is 11.4. The fraction of sp³-hybridized carbons (Fsp3) is 0.368. The lowest BCUT2D eigenvalue weighted by Crippen LogP contribution is -2.39. The molecule has 5 heteroatoms. The standard InChI is InChI=1S/C19H25N3O2/c1-19(2,3)11-16(14-23)21-18(24)10-9-15-12-20-22(13-15)17-7-5-4-6-8-17/h4-10,12-13,16,23H,11,14H2,1-3H3,(H,21,24)/b10-9+. The van der Waals surface area contributed by atoms with E-state index in [9.17, 15) is 9.90 Å². The van der Waals surface area contributed by atoms with E-state index in [1.165, 1.54) is 6.08 Å². The molecule has 1 amide bonds. The highest BCUT2D eigenvalue weighted by molar-refractivity contribution is 5.91. The van der Waals surface area contributed by atoms with Gasteiger partial charge in [-0.25, -0.2) is 4.68 Å². The van der Waals surface area contributed by atoms with E-state index in [1.54, 1.807) is 17.0 Å². The lowest BCUT2D eigenvalue weighted by molar-refractivity contribution is -0.117. The van der Waals surface area contributed by atoms with Crippen molar-refractivity contribution in [2.75, 3.05) is 6.61 Å². The second kappa shape index (κ2) is 7.93.